The van der Waals surface area contributed by atoms with Gasteiger partial charge in [-0.15, -0.1) is 12.4 Å². The molecule has 1 saturated carbocycles. The van der Waals surface area contributed by atoms with Gasteiger partial charge in [0, 0.05) is 19.1 Å². The number of piperidine rings is 1. The molecule has 1 aliphatic carbocycles. The van der Waals surface area contributed by atoms with Crippen molar-refractivity contribution in [2.75, 3.05) is 13.1 Å². The summed E-state index contributed by atoms with van der Waals surface area (Å²) in [6, 6.07) is 0.183. The van der Waals surface area contributed by atoms with Crippen LogP contribution in [-0.4, -0.2) is 42.1 Å². The Morgan fingerprint density at radius 3 is 2.48 bits per heavy atom. The third-order valence-corrected chi connectivity index (χ3v) is 4.93. The smallest absolute Gasteiger partial charge is 0.251 e. The lowest BCUT2D eigenvalue weighted by Gasteiger charge is -2.43. The first-order valence-electron chi connectivity index (χ1n) is 8.14. The Morgan fingerprint density at radius 1 is 1.33 bits per heavy atom. The van der Waals surface area contributed by atoms with Crippen LogP contribution in [0.15, 0.2) is 0 Å². The van der Waals surface area contributed by atoms with Gasteiger partial charge in [-0.2, -0.15) is 0 Å². The van der Waals surface area contributed by atoms with E-state index in [0.717, 1.165) is 38.8 Å². The molecule has 0 aromatic heterocycles. The number of carbonyl (C=O) groups excluding carboxylic acids is 1. The van der Waals surface area contributed by atoms with Crippen LogP contribution in [0.2, 0.25) is 0 Å². The number of nitrogens with two attached hydrogens (primary N) is 1. The molecule has 1 saturated heterocycles. The molecule has 2 N–H and O–H groups in total. The number of hydrogen-bond acceptors (Lipinski definition) is 3. The SMILES string of the molecule is CCC(OC1CCCC1)C(=O)N1CCC(N)C(C)(C)C1.Cl. The molecule has 0 spiro atoms. The normalized spacial score (nSPS) is 27.2. The third kappa shape index (κ3) is 4.57. The van der Waals surface area contributed by atoms with Gasteiger partial charge in [0.05, 0.1) is 6.10 Å². The second kappa shape index (κ2) is 7.80. The summed E-state index contributed by atoms with van der Waals surface area (Å²) in [5.41, 5.74) is 6.15. The van der Waals surface area contributed by atoms with Crippen LogP contribution in [0.1, 0.15) is 59.3 Å². The molecule has 2 atom stereocenters. The zero-order valence-corrected chi connectivity index (χ0v) is 14.5. The molecule has 5 heteroatoms. The van der Waals surface area contributed by atoms with Gasteiger partial charge in [-0.25, -0.2) is 0 Å². The quantitative estimate of drug-likeness (QED) is 0.867. The van der Waals surface area contributed by atoms with E-state index in [9.17, 15) is 4.79 Å². The van der Waals surface area contributed by atoms with Crippen molar-refractivity contribution >= 4 is 18.3 Å². The lowest BCUT2D eigenvalue weighted by atomic mass is 9.79. The Bertz CT molecular complexity index is 343. The van der Waals surface area contributed by atoms with Crippen LogP contribution in [0, 0.1) is 5.41 Å². The fourth-order valence-corrected chi connectivity index (χ4v) is 3.35. The third-order valence-electron chi connectivity index (χ3n) is 4.93. The van der Waals surface area contributed by atoms with E-state index in [4.69, 9.17) is 10.5 Å². The first kappa shape index (κ1) is 18.7. The molecule has 4 nitrogen and oxygen atoms in total. The van der Waals surface area contributed by atoms with E-state index >= 15 is 0 Å². The minimum atomic E-state index is -0.261. The molecule has 0 aromatic rings. The molecule has 0 bridgehead atoms. The molecule has 0 aromatic carbocycles. The summed E-state index contributed by atoms with van der Waals surface area (Å²) in [7, 11) is 0. The lowest BCUT2D eigenvalue weighted by molar-refractivity contribution is -0.151. The van der Waals surface area contributed by atoms with Gasteiger partial charge >= 0.3 is 0 Å². The molecule has 2 fully saturated rings. The summed E-state index contributed by atoms with van der Waals surface area (Å²) in [5.74, 6) is 0.166. The van der Waals surface area contributed by atoms with Crippen molar-refractivity contribution in [2.24, 2.45) is 11.1 Å². The number of amides is 1. The Balaban J connectivity index is 0.00000220. The average molecular weight is 319 g/mol. The van der Waals surface area contributed by atoms with Gasteiger partial charge in [-0.3, -0.25) is 4.79 Å². The Hall–Kier alpha value is -0.320. The molecule has 1 amide bonds. The van der Waals surface area contributed by atoms with E-state index in [2.05, 4.69) is 13.8 Å². The molecule has 2 aliphatic rings. The highest BCUT2D eigenvalue weighted by atomic mass is 35.5. The number of rotatable bonds is 4. The predicted octanol–water partition coefficient (Wildman–Crippen LogP) is 2.73. The van der Waals surface area contributed by atoms with Crippen molar-refractivity contribution < 1.29 is 9.53 Å². The van der Waals surface area contributed by atoms with Gasteiger partial charge in [0.1, 0.15) is 6.10 Å². The highest BCUT2D eigenvalue weighted by molar-refractivity contribution is 5.85. The number of hydrogen-bond donors (Lipinski definition) is 1. The summed E-state index contributed by atoms with van der Waals surface area (Å²) in [5, 5.41) is 0. The van der Waals surface area contributed by atoms with Gasteiger partial charge in [0.2, 0.25) is 0 Å². The molecular weight excluding hydrogens is 288 g/mol. The monoisotopic (exact) mass is 318 g/mol. The first-order valence-corrected chi connectivity index (χ1v) is 8.14. The second-order valence-electron chi connectivity index (χ2n) is 7.08. The maximum atomic E-state index is 12.7. The maximum Gasteiger partial charge on any atom is 0.251 e. The average Bonchev–Trinajstić information content (AvgIpc) is 2.91. The molecule has 124 valence electrons. The van der Waals surface area contributed by atoms with Crippen LogP contribution in [0.5, 0.6) is 0 Å². The number of carbonyl (C=O) groups is 1. The van der Waals surface area contributed by atoms with Crippen LogP contribution in [0.4, 0.5) is 0 Å². The van der Waals surface area contributed by atoms with E-state index in [0.29, 0.717) is 6.10 Å². The molecule has 1 heterocycles. The van der Waals surface area contributed by atoms with Gasteiger partial charge in [0.15, 0.2) is 0 Å². The van der Waals surface area contributed by atoms with Crippen LogP contribution in [0.3, 0.4) is 0 Å². The van der Waals surface area contributed by atoms with Crippen LogP contribution in [0.25, 0.3) is 0 Å². The lowest BCUT2D eigenvalue weighted by Crippen LogP contribution is -2.56. The second-order valence-corrected chi connectivity index (χ2v) is 7.08. The molecular formula is C16H31ClN2O2. The highest BCUT2D eigenvalue weighted by Crippen LogP contribution is 2.29. The number of likely N-dealkylation sites (tertiary alicyclic amines) is 1. The van der Waals surface area contributed by atoms with Crippen LogP contribution >= 0.6 is 12.4 Å². The van der Waals surface area contributed by atoms with E-state index < -0.39 is 0 Å². The first-order chi connectivity index (χ1) is 9.44. The van der Waals surface area contributed by atoms with Crippen molar-refractivity contribution in [1.82, 2.24) is 4.90 Å². The predicted molar refractivity (Wildman–Crippen MR) is 87.6 cm³/mol. The van der Waals surface area contributed by atoms with E-state index in [-0.39, 0.29) is 35.9 Å². The van der Waals surface area contributed by atoms with Crippen molar-refractivity contribution in [3.05, 3.63) is 0 Å². The topological polar surface area (TPSA) is 55.6 Å². The summed E-state index contributed by atoms with van der Waals surface area (Å²) in [6.45, 7) is 7.86. The largest absolute Gasteiger partial charge is 0.365 e. The minimum absolute atomic E-state index is 0. The fraction of sp³-hybridized carbons (Fsp3) is 0.938. The Labute approximate surface area is 135 Å². The number of ether oxygens (including phenoxy) is 1. The minimum Gasteiger partial charge on any atom is -0.365 e. The van der Waals surface area contributed by atoms with E-state index in [1.807, 2.05) is 11.8 Å². The summed E-state index contributed by atoms with van der Waals surface area (Å²) in [4.78, 5) is 14.6. The van der Waals surface area contributed by atoms with Crippen molar-refractivity contribution in [3.63, 3.8) is 0 Å². The summed E-state index contributed by atoms with van der Waals surface area (Å²) >= 11 is 0. The zero-order valence-electron chi connectivity index (χ0n) is 13.6. The molecule has 0 radical (unpaired) electrons. The Kier molecular flexibility index (Phi) is 6.95. The van der Waals surface area contributed by atoms with Crippen LogP contribution in [-0.2, 0) is 9.53 Å². The molecule has 2 rings (SSSR count). The molecule has 2 unspecified atom stereocenters. The van der Waals surface area contributed by atoms with Crippen molar-refractivity contribution in [3.8, 4) is 0 Å². The Morgan fingerprint density at radius 2 is 1.95 bits per heavy atom. The molecule has 21 heavy (non-hydrogen) atoms. The number of nitrogens with zero attached hydrogens (tertiary/aromatic N) is 1. The van der Waals surface area contributed by atoms with E-state index in [1.54, 1.807) is 0 Å². The summed E-state index contributed by atoms with van der Waals surface area (Å²) in [6.07, 6.45) is 6.38. The van der Waals surface area contributed by atoms with Gasteiger partial charge in [-0.05, 0) is 31.1 Å². The van der Waals surface area contributed by atoms with E-state index in [1.165, 1.54) is 12.8 Å². The van der Waals surface area contributed by atoms with Gasteiger partial charge < -0.3 is 15.4 Å². The zero-order chi connectivity index (χ0) is 14.8. The highest BCUT2D eigenvalue weighted by Gasteiger charge is 2.37. The number of halogens is 1. The van der Waals surface area contributed by atoms with Crippen molar-refractivity contribution in [2.45, 2.75) is 77.5 Å². The molecule has 1 aliphatic heterocycles. The standard InChI is InChI=1S/C16H30N2O2.ClH/c1-4-13(20-12-7-5-6-8-12)15(19)18-10-9-14(17)16(2,3)11-18;/h12-14H,4-11,17H2,1-3H3;1H. The summed E-state index contributed by atoms with van der Waals surface area (Å²) < 4.78 is 6.05. The van der Waals surface area contributed by atoms with Crippen LogP contribution < -0.4 is 5.73 Å². The van der Waals surface area contributed by atoms with Crippen molar-refractivity contribution in [1.29, 1.82) is 0 Å². The van der Waals surface area contributed by atoms with Gasteiger partial charge in [0.25, 0.3) is 5.91 Å². The fourth-order valence-electron chi connectivity index (χ4n) is 3.35. The maximum absolute atomic E-state index is 12.7. The van der Waals surface area contributed by atoms with Gasteiger partial charge in [-0.1, -0.05) is 33.6 Å².